The number of fused-ring (bicyclic) bond motifs is 1. The third-order valence-electron chi connectivity index (χ3n) is 5.07. The van der Waals surface area contributed by atoms with Gasteiger partial charge in [0.05, 0.1) is 41.9 Å². The largest absolute Gasteiger partial charge is 0.494 e. The summed E-state index contributed by atoms with van der Waals surface area (Å²) < 4.78 is 12.2. The van der Waals surface area contributed by atoms with Crippen LogP contribution in [0.2, 0.25) is 0 Å². The average molecular weight is 481 g/mol. The van der Waals surface area contributed by atoms with Crippen LogP contribution in [-0.2, 0) is 9.53 Å². The number of para-hydroxylation sites is 1. The van der Waals surface area contributed by atoms with Gasteiger partial charge in [-0.3, -0.25) is 9.36 Å². The molecule has 2 N–H and O–H groups in total. The number of benzene rings is 2. The second kappa shape index (κ2) is 10.4. The number of carbonyl (C=O) groups is 2. The van der Waals surface area contributed by atoms with Gasteiger partial charge in [-0.05, 0) is 50.2 Å². The number of aromatic nitrogens is 2. The lowest BCUT2D eigenvalue weighted by Gasteiger charge is -2.21. The van der Waals surface area contributed by atoms with E-state index in [1.165, 1.54) is 16.3 Å². The van der Waals surface area contributed by atoms with Crippen molar-refractivity contribution < 1.29 is 19.1 Å². The van der Waals surface area contributed by atoms with Crippen molar-refractivity contribution in [2.45, 2.75) is 19.0 Å². The highest BCUT2D eigenvalue weighted by Crippen LogP contribution is 2.25. The van der Waals surface area contributed by atoms with Gasteiger partial charge in [0.1, 0.15) is 5.75 Å². The molecule has 1 aromatic heterocycles. The number of thioether (sulfide) groups is 1. The molecule has 0 aliphatic carbocycles. The van der Waals surface area contributed by atoms with E-state index in [-0.39, 0.29) is 24.5 Å². The third-order valence-corrected chi connectivity index (χ3v) is 6.04. The maximum Gasteiger partial charge on any atom is 0.337 e. The van der Waals surface area contributed by atoms with Crippen molar-refractivity contribution in [1.82, 2.24) is 20.2 Å². The molecule has 1 aliphatic heterocycles. The van der Waals surface area contributed by atoms with Crippen LogP contribution in [0.4, 0.5) is 4.79 Å². The van der Waals surface area contributed by atoms with Crippen LogP contribution in [0.25, 0.3) is 16.6 Å². The van der Waals surface area contributed by atoms with Gasteiger partial charge in [0.15, 0.2) is 5.16 Å². The molecule has 9 nitrogen and oxygen atoms in total. The molecule has 0 fully saturated rings. The third kappa shape index (κ3) is 4.91. The predicted octanol–water partition coefficient (Wildman–Crippen LogP) is 3.01. The molecule has 4 rings (SSSR count). The lowest BCUT2D eigenvalue weighted by atomic mass is 10.2. The predicted molar refractivity (Wildman–Crippen MR) is 129 cm³/mol. The van der Waals surface area contributed by atoms with Gasteiger partial charge in [0, 0.05) is 11.4 Å². The maximum atomic E-state index is 13.4. The van der Waals surface area contributed by atoms with E-state index in [9.17, 15) is 14.4 Å². The number of ether oxygens (including phenoxy) is 2. The van der Waals surface area contributed by atoms with Crippen molar-refractivity contribution in [2.75, 3.05) is 25.5 Å². The second-order valence-electron chi connectivity index (χ2n) is 7.25. The minimum atomic E-state index is -0.499. The number of hydrogen-bond acceptors (Lipinski definition) is 7. The van der Waals surface area contributed by atoms with E-state index in [0.717, 1.165) is 0 Å². The molecule has 0 saturated carbocycles. The Balaban J connectivity index is 1.75. The van der Waals surface area contributed by atoms with Gasteiger partial charge in [-0.25, -0.2) is 14.6 Å². The van der Waals surface area contributed by atoms with Crippen LogP contribution in [-0.4, -0.2) is 47.1 Å². The van der Waals surface area contributed by atoms with E-state index in [1.807, 2.05) is 13.0 Å². The summed E-state index contributed by atoms with van der Waals surface area (Å²) in [6.07, 6.45) is 0. The Bertz CT molecular complexity index is 1320. The minimum absolute atomic E-state index is 0.0669. The normalized spacial score (nSPS) is 13.4. The number of hydrogen-bond donors (Lipinski definition) is 2. The molecule has 34 heavy (non-hydrogen) atoms. The number of nitrogens with one attached hydrogen (secondary N) is 2. The molecule has 10 heteroatoms. The molecule has 2 heterocycles. The number of amides is 2. The van der Waals surface area contributed by atoms with Crippen LogP contribution in [0.15, 0.2) is 69.8 Å². The highest BCUT2D eigenvalue weighted by Gasteiger charge is 2.24. The monoisotopic (exact) mass is 480 g/mol. The zero-order chi connectivity index (χ0) is 24.1. The molecule has 0 bridgehead atoms. The summed E-state index contributed by atoms with van der Waals surface area (Å²) >= 11 is 1.25. The first-order chi connectivity index (χ1) is 16.5. The minimum Gasteiger partial charge on any atom is -0.494 e. The fourth-order valence-corrected chi connectivity index (χ4v) is 4.50. The van der Waals surface area contributed by atoms with Gasteiger partial charge in [0.25, 0.3) is 5.56 Å². The van der Waals surface area contributed by atoms with Crippen LogP contribution >= 0.6 is 11.8 Å². The van der Waals surface area contributed by atoms with Crippen molar-refractivity contribution in [3.05, 3.63) is 70.2 Å². The summed E-state index contributed by atoms with van der Waals surface area (Å²) in [5, 5.41) is 6.19. The van der Waals surface area contributed by atoms with Crippen LogP contribution in [0.5, 0.6) is 5.75 Å². The SMILES string of the molecule is CCOC(=O)C1=C(CSc2nc3ccccc3c(=O)n2-c2ccc(OCC)cc2)NC(=O)NC1. The summed E-state index contributed by atoms with van der Waals surface area (Å²) in [7, 11) is 0. The summed E-state index contributed by atoms with van der Waals surface area (Å²) in [5.74, 6) is 0.411. The number of rotatable bonds is 8. The molecule has 0 radical (unpaired) electrons. The first kappa shape index (κ1) is 23.4. The zero-order valence-corrected chi connectivity index (χ0v) is 19.6. The Morgan fingerprint density at radius 1 is 1.09 bits per heavy atom. The molecule has 2 aromatic carbocycles. The molecular weight excluding hydrogens is 456 g/mol. The zero-order valence-electron chi connectivity index (χ0n) is 18.8. The van der Waals surface area contributed by atoms with Crippen molar-refractivity contribution >= 4 is 34.7 Å². The molecule has 0 saturated heterocycles. The standard InChI is InChI=1S/C24H24N4O5S/c1-3-32-16-11-9-15(10-12-16)28-21(29)17-7-5-6-8-19(17)27-24(28)34-14-20-18(22(30)33-4-2)13-25-23(31)26-20/h5-12H,3-4,13-14H2,1-2H3,(H2,25,26,31). The van der Waals surface area contributed by atoms with Crippen LogP contribution in [0.3, 0.4) is 0 Å². The quantitative estimate of drug-likeness (QED) is 0.290. The van der Waals surface area contributed by atoms with Gasteiger partial charge >= 0.3 is 12.0 Å². The second-order valence-corrected chi connectivity index (χ2v) is 8.20. The molecule has 1 aliphatic rings. The summed E-state index contributed by atoms with van der Waals surface area (Å²) in [5.41, 5.74) is 1.73. The van der Waals surface area contributed by atoms with E-state index in [1.54, 1.807) is 49.4 Å². The van der Waals surface area contributed by atoms with E-state index in [0.29, 0.717) is 45.4 Å². The maximum absolute atomic E-state index is 13.4. The highest BCUT2D eigenvalue weighted by molar-refractivity contribution is 7.99. The molecule has 2 amide bonds. The van der Waals surface area contributed by atoms with Crippen molar-refractivity contribution in [1.29, 1.82) is 0 Å². The lowest BCUT2D eigenvalue weighted by Crippen LogP contribution is -2.44. The number of esters is 1. The summed E-state index contributed by atoms with van der Waals surface area (Å²) in [6, 6.07) is 13.9. The van der Waals surface area contributed by atoms with Crippen LogP contribution < -0.4 is 20.9 Å². The Morgan fingerprint density at radius 2 is 1.85 bits per heavy atom. The molecule has 3 aromatic rings. The van der Waals surface area contributed by atoms with Gasteiger partial charge < -0.3 is 20.1 Å². The summed E-state index contributed by atoms with van der Waals surface area (Å²) in [4.78, 5) is 42.4. The highest BCUT2D eigenvalue weighted by atomic mass is 32.2. The molecule has 0 unspecified atom stereocenters. The fourth-order valence-electron chi connectivity index (χ4n) is 3.50. The van der Waals surface area contributed by atoms with Gasteiger partial charge in [-0.2, -0.15) is 0 Å². The average Bonchev–Trinajstić information content (AvgIpc) is 2.84. The van der Waals surface area contributed by atoms with Gasteiger partial charge in [-0.15, -0.1) is 0 Å². The topological polar surface area (TPSA) is 112 Å². The lowest BCUT2D eigenvalue weighted by molar-refractivity contribution is -0.138. The Hall–Kier alpha value is -3.79. The molecule has 176 valence electrons. The van der Waals surface area contributed by atoms with Gasteiger partial charge in [-0.1, -0.05) is 23.9 Å². The van der Waals surface area contributed by atoms with Gasteiger partial charge in [0.2, 0.25) is 0 Å². The van der Waals surface area contributed by atoms with E-state index >= 15 is 0 Å². The first-order valence-electron chi connectivity index (χ1n) is 10.8. The van der Waals surface area contributed by atoms with Crippen molar-refractivity contribution in [2.24, 2.45) is 0 Å². The van der Waals surface area contributed by atoms with E-state index in [4.69, 9.17) is 14.5 Å². The number of nitrogens with zero attached hydrogens (tertiary/aromatic N) is 2. The van der Waals surface area contributed by atoms with Crippen molar-refractivity contribution in [3.8, 4) is 11.4 Å². The number of urea groups is 1. The Morgan fingerprint density at radius 3 is 2.59 bits per heavy atom. The molecule has 0 spiro atoms. The first-order valence-corrected chi connectivity index (χ1v) is 11.8. The fraction of sp³-hybridized carbons (Fsp3) is 0.250. The van der Waals surface area contributed by atoms with Crippen LogP contribution in [0.1, 0.15) is 13.8 Å². The molecular formula is C24H24N4O5S. The Kier molecular flexibility index (Phi) is 7.17. The number of carbonyl (C=O) groups excluding carboxylic acids is 2. The smallest absolute Gasteiger partial charge is 0.337 e. The Labute approximate surface area is 200 Å². The van der Waals surface area contributed by atoms with Crippen molar-refractivity contribution in [3.63, 3.8) is 0 Å². The summed E-state index contributed by atoms with van der Waals surface area (Å²) in [6.45, 7) is 4.45. The molecule has 0 atom stereocenters. The van der Waals surface area contributed by atoms with E-state index < -0.39 is 12.0 Å². The van der Waals surface area contributed by atoms with E-state index in [2.05, 4.69) is 10.6 Å². The van der Waals surface area contributed by atoms with Crippen LogP contribution in [0, 0.1) is 0 Å².